The minimum Gasteiger partial charge on any atom is -0.197 e. The molecule has 0 aliphatic carbocycles. The van der Waals surface area contributed by atoms with Crippen LogP contribution in [-0.4, -0.2) is 0 Å². The van der Waals surface area contributed by atoms with Crippen molar-refractivity contribution in [2.75, 3.05) is 0 Å². The standard InChI is InChI=1S/C16H14N2/c1-2-14(13(10-17)11-18)16-9-5-7-12-6-3-4-8-15(12)16/h3-9,13-14H,2H2,1H3. The van der Waals surface area contributed by atoms with Gasteiger partial charge in [-0.2, -0.15) is 10.5 Å². The molecule has 1 atom stereocenters. The molecule has 0 radical (unpaired) electrons. The highest BCUT2D eigenvalue weighted by Crippen LogP contribution is 2.32. The largest absolute Gasteiger partial charge is 0.197 e. The zero-order valence-corrected chi connectivity index (χ0v) is 10.3. The van der Waals surface area contributed by atoms with Crippen LogP contribution in [0.4, 0.5) is 0 Å². The third-order valence-corrected chi connectivity index (χ3v) is 3.34. The van der Waals surface area contributed by atoms with Crippen molar-refractivity contribution >= 4 is 10.8 Å². The van der Waals surface area contributed by atoms with Crippen LogP contribution in [0.1, 0.15) is 24.8 Å². The second-order valence-electron chi connectivity index (χ2n) is 4.32. The number of rotatable bonds is 3. The Morgan fingerprint density at radius 2 is 1.67 bits per heavy atom. The van der Waals surface area contributed by atoms with Crippen molar-refractivity contribution in [2.24, 2.45) is 5.92 Å². The van der Waals surface area contributed by atoms with E-state index in [4.69, 9.17) is 10.5 Å². The first-order valence-electron chi connectivity index (χ1n) is 6.08. The molecular weight excluding hydrogens is 220 g/mol. The Kier molecular flexibility index (Phi) is 3.60. The van der Waals surface area contributed by atoms with Gasteiger partial charge in [-0.3, -0.25) is 0 Å². The van der Waals surface area contributed by atoms with Crippen LogP contribution in [0.3, 0.4) is 0 Å². The molecule has 0 saturated heterocycles. The first-order chi connectivity index (χ1) is 8.81. The van der Waals surface area contributed by atoms with Crippen LogP contribution in [0.5, 0.6) is 0 Å². The van der Waals surface area contributed by atoms with Gasteiger partial charge in [-0.15, -0.1) is 0 Å². The maximum Gasteiger partial charge on any atom is 0.140 e. The molecule has 0 aromatic heterocycles. The van der Waals surface area contributed by atoms with Crippen LogP contribution in [0.2, 0.25) is 0 Å². The first-order valence-corrected chi connectivity index (χ1v) is 6.08. The number of hydrogen-bond donors (Lipinski definition) is 0. The van der Waals surface area contributed by atoms with Gasteiger partial charge in [0.05, 0.1) is 12.1 Å². The van der Waals surface area contributed by atoms with E-state index in [1.807, 2.05) is 31.2 Å². The highest BCUT2D eigenvalue weighted by Gasteiger charge is 2.22. The molecule has 18 heavy (non-hydrogen) atoms. The van der Waals surface area contributed by atoms with Gasteiger partial charge in [-0.1, -0.05) is 49.4 Å². The van der Waals surface area contributed by atoms with Crippen molar-refractivity contribution in [3.05, 3.63) is 48.0 Å². The maximum atomic E-state index is 9.09. The van der Waals surface area contributed by atoms with Crippen molar-refractivity contribution in [3.8, 4) is 12.1 Å². The van der Waals surface area contributed by atoms with Gasteiger partial charge >= 0.3 is 0 Å². The summed E-state index contributed by atoms with van der Waals surface area (Å²) in [5.74, 6) is -0.605. The molecule has 0 aliphatic rings. The predicted octanol–water partition coefficient (Wildman–Crippen LogP) is 4.00. The lowest BCUT2D eigenvalue weighted by Crippen LogP contribution is -2.09. The molecule has 0 heterocycles. The summed E-state index contributed by atoms with van der Waals surface area (Å²) in [6.07, 6.45) is 0.791. The van der Waals surface area contributed by atoms with E-state index in [0.717, 1.165) is 22.8 Å². The molecule has 0 amide bonds. The van der Waals surface area contributed by atoms with E-state index in [1.165, 1.54) is 0 Å². The minimum atomic E-state index is -0.583. The van der Waals surface area contributed by atoms with Crippen LogP contribution in [-0.2, 0) is 0 Å². The Balaban J connectivity index is 2.60. The number of fused-ring (bicyclic) bond motifs is 1. The molecule has 88 valence electrons. The molecule has 2 rings (SSSR count). The van der Waals surface area contributed by atoms with Gasteiger partial charge in [0.1, 0.15) is 5.92 Å². The van der Waals surface area contributed by atoms with E-state index in [9.17, 15) is 0 Å². The molecule has 2 aromatic carbocycles. The van der Waals surface area contributed by atoms with E-state index in [2.05, 4.69) is 30.3 Å². The van der Waals surface area contributed by atoms with Crippen molar-refractivity contribution in [1.82, 2.24) is 0 Å². The van der Waals surface area contributed by atoms with Gasteiger partial charge < -0.3 is 0 Å². The predicted molar refractivity (Wildman–Crippen MR) is 71.7 cm³/mol. The van der Waals surface area contributed by atoms with Gasteiger partial charge in [0.2, 0.25) is 0 Å². The molecule has 0 bridgehead atoms. The van der Waals surface area contributed by atoms with Gasteiger partial charge in [-0.25, -0.2) is 0 Å². The van der Waals surface area contributed by atoms with E-state index in [1.54, 1.807) is 0 Å². The Morgan fingerprint density at radius 3 is 2.33 bits per heavy atom. The summed E-state index contributed by atoms with van der Waals surface area (Å²) in [7, 11) is 0. The Morgan fingerprint density at radius 1 is 1.00 bits per heavy atom. The molecule has 2 nitrogen and oxygen atoms in total. The third-order valence-electron chi connectivity index (χ3n) is 3.34. The lowest BCUT2D eigenvalue weighted by atomic mass is 9.83. The Bertz CT molecular complexity index is 612. The number of benzene rings is 2. The summed E-state index contributed by atoms with van der Waals surface area (Å²) in [6, 6.07) is 18.4. The summed E-state index contributed by atoms with van der Waals surface area (Å²) in [4.78, 5) is 0. The van der Waals surface area contributed by atoms with Crippen LogP contribution in [0, 0.1) is 28.6 Å². The minimum absolute atomic E-state index is 0.0221. The van der Waals surface area contributed by atoms with E-state index >= 15 is 0 Å². The molecule has 0 aliphatic heterocycles. The third kappa shape index (κ3) is 2.06. The second-order valence-corrected chi connectivity index (χ2v) is 4.32. The molecule has 2 aromatic rings. The van der Waals surface area contributed by atoms with E-state index in [-0.39, 0.29) is 5.92 Å². The molecule has 1 unspecified atom stereocenters. The fourth-order valence-corrected chi connectivity index (χ4v) is 2.42. The molecule has 0 N–H and O–H groups in total. The Labute approximate surface area is 107 Å². The highest BCUT2D eigenvalue weighted by molar-refractivity contribution is 5.86. The molecule has 0 fully saturated rings. The monoisotopic (exact) mass is 234 g/mol. The second kappa shape index (κ2) is 5.34. The highest BCUT2D eigenvalue weighted by atomic mass is 14.4. The fourth-order valence-electron chi connectivity index (χ4n) is 2.42. The number of hydrogen-bond acceptors (Lipinski definition) is 2. The van der Waals surface area contributed by atoms with Crippen LogP contribution in [0.15, 0.2) is 42.5 Å². The molecule has 2 heteroatoms. The molecule has 0 spiro atoms. The summed E-state index contributed by atoms with van der Waals surface area (Å²) in [5, 5.41) is 20.5. The normalized spacial score (nSPS) is 12.0. The molecule has 0 saturated carbocycles. The zero-order chi connectivity index (χ0) is 13.0. The van der Waals surface area contributed by atoms with Gasteiger partial charge in [-0.05, 0) is 22.8 Å². The topological polar surface area (TPSA) is 47.6 Å². The summed E-state index contributed by atoms with van der Waals surface area (Å²) >= 11 is 0. The maximum absolute atomic E-state index is 9.09. The summed E-state index contributed by atoms with van der Waals surface area (Å²) < 4.78 is 0. The van der Waals surface area contributed by atoms with Gasteiger partial charge in [0.25, 0.3) is 0 Å². The SMILES string of the molecule is CCC(c1cccc2ccccc12)C(C#N)C#N. The summed E-state index contributed by atoms with van der Waals surface area (Å²) in [5.41, 5.74) is 1.10. The van der Waals surface area contributed by atoms with Crippen molar-refractivity contribution < 1.29 is 0 Å². The zero-order valence-electron chi connectivity index (χ0n) is 10.3. The first kappa shape index (κ1) is 12.1. The summed E-state index contributed by atoms with van der Waals surface area (Å²) in [6.45, 7) is 2.02. The van der Waals surface area contributed by atoms with Gasteiger partial charge in [0.15, 0.2) is 0 Å². The number of nitrogens with zero attached hydrogens (tertiary/aromatic N) is 2. The average Bonchev–Trinajstić information content (AvgIpc) is 2.44. The van der Waals surface area contributed by atoms with E-state index in [0.29, 0.717) is 0 Å². The lowest BCUT2D eigenvalue weighted by Gasteiger charge is -2.18. The fraction of sp³-hybridized carbons (Fsp3) is 0.250. The van der Waals surface area contributed by atoms with Crippen LogP contribution in [0.25, 0.3) is 10.8 Å². The Hall–Kier alpha value is -2.32. The number of nitriles is 2. The van der Waals surface area contributed by atoms with Crippen molar-refractivity contribution in [1.29, 1.82) is 10.5 Å². The van der Waals surface area contributed by atoms with E-state index < -0.39 is 5.92 Å². The van der Waals surface area contributed by atoms with Crippen molar-refractivity contribution in [2.45, 2.75) is 19.3 Å². The van der Waals surface area contributed by atoms with Crippen LogP contribution >= 0.6 is 0 Å². The molecular formula is C16H14N2. The van der Waals surface area contributed by atoms with Crippen LogP contribution < -0.4 is 0 Å². The lowest BCUT2D eigenvalue weighted by molar-refractivity contribution is 0.596. The smallest absolute Gasteiger partial charge is 0.140 e. The van der Waals surface area contributed by atoms with Crippen molar-refractivity contribution in [3.63, 3.8) is 0 Å². The quantitative estimate of drug-likeness (QED) is 0.805. The average molecular weight is 234 g/mol. The van der Waals surface area contributed by atoms with Gasteiger partial charge in [0, 0.05) is 5.92 Å².